The van der Waals surface area contributed by atoms with Gasteiger partial charge in [0.25, 0.3) is 0 Å². The summed E-state index contributed by atoms with van der Waals surface area (Å²) in [6.07, 6.45) is 4.64. The highest BCUT2D eigenvalue weighted by Gasteiger charge is 2.19. The maximum absolute atomic E-state index is 4.36. The van der Waals surface area contributed by atoms with Crippen LogP contribution in [0.5, 0.6) is 0 Å². The number of rotatable bonds is 5. The number of piperidine rings is 1. The summed E-state index contributed by atoms with van der Waals surface area (Å²) < 4.78 is 0. The Morgan fingerprint density at radius 2 is 2.21 bits per heavy atom. The predicted molar refractivity (Wildman–Crippen MR) is 79.5 cm³/mol. The molecule has 0 aliphatic carbocycles. The summed E-state index contributed by atoms with van der Waals surface area (Å²) in [5, 5.41) is 12.2. The summed E-state index contributed by atoms with van der Waals surface area (Å²) >= 11 is 0. The van der Waals surface area contributed by atoms with E-state index in [1.807, 2.05) is 0 Å². The van der Waals surface area contributed by atoms with Gasteiger partial charge < -0.3 is 10.2 Å². The van der Waals surface area contributed by atoms with Gasteiger partial charge in [-0.15, -0.1) is 5.10 Å². The molecule has 0 bridgehead atoms. The minimum atomic E-state index is 0.513. The Labute approximate surface area is 116 Å². The maximum Gasteiger partial charge on any atom is 0.151 e. The highest BCUT2D eigenvalue weighted by molar-refractivity contribution is 5.43. The van der Waals surface area contributed by atoms with Crippen LogP contribution in [0.15, 0.2) is 6.07 Å². The fraction of sp³-hybridized carbons (Fsp3) is 0.733. The zero-order chi connectivity index (χ0) is 13.7. The maximum atomic E-state index is 4.36. The third-order valence-electron chi connectivity index (χ3n) is 3.83. The Morgan fingerprint density at radius 3 is 2.89 bits per heavy atom. The molecule has 1 N–H and O–H groups in total. The fourth-order valence-corrected chi connectivity index (χ4v) is 2.72. The molecule has 4 nitrogen and oxygen atoms in total. The SMILES string of the molecule is CCCc1cc(C)c(N[C@@H]2CCCN(CC)C2)nn1. The van der Waals surface area contributed by atoms with E-state index in [2.05, 4.69) is 47.3 Å². The molecule has 1 fully saturated rings. The van der Waals surface area contributed by atoms with Crippen LogP contribution in [0.4, 0.5) is 5.82 Å². The molecular formula is C15H26N4. The van der Waals surface area contributed by atoms with Gasteiger partial charge in [0.15, 0.2) is 5.82 Å². The number of anilines is 1. The molecule has 1 saturated heterocycles. The van der Waals surface area contributed by atoms with E-state index in [0.717, 1.165) is 37.4 Å². The minimum Gasteiger partial charge on any atom is -0.364 e. The molecule has 1 aromatic heterocycles. The number of aromatic nitrogens is 2. The standard InChI is InChI=1S/C15H26N4/c1-4-7-13-10-12(3)15(18-17-13)16-14-8-6-9-19(5-2)11-14/h10,14H,4-9,11H2,1-3H3,(H,16,18)/t14-/m1/s1. The molecule has 19 heavy (non-hydrogen) atoms. The number of nitrogens with zero attached hydrogens (tertiary/aromatic N) is 3. The Kier molecular flexibility index (Phi) is 5.14. The van der Waals surface area contributed by atoms with Gasteiger partial charge >= 0.3 is 0 Å². The molecule has 2 heterocycles. The van der Waals surface area contributed by atoms with Crippen LogP contribution in [0.2, 0.25) is 0 Å². The van der Waals surface area contributed by atoms with Crippen LogP contribution in [0.1, 0.15) is 44.4 Å². The third-order valence-corrected chi connectivity index (χ3v) is 3.83. The first kappa shape index (κ1) is 14.3. The smallest absolute Gasteiger partial charge is 0.151 e. The number of likely N-dealkylation sites (tertiary alicyclic amines) is 1. The van der Waals surface area contributed by atoms with Gasteiger partial charge in [0.05, 0.1) is 5.69 Å². The molecule has 0 aromatic carbocycles. The van der Waals surface area contributed by atoms with E-state index in [-0.39, 0.29) is 0 Å². The first-order valence-electron chi connectivity index (χ1n) is 7.55. The summed E-state index contributed by atoms with van der Waals surface area (Å²) in [5.41, 5.74) is 2.32. The Bertz CT molecular complexity index is 405. The van der Waals surface area contributed by atoms with E-state index in [9.17, 15) is 0 Å². The van der Waals surface area contributed by atoms with Crippen molar-refractivity contribution in [2.45, 2.75) is 52.5 Å². The number of aryl methyl sites for hydroxylation is 2. The molecule has 1 aliphatic heterocycles. The van der Waals surface area contributed by atoms with Gasteiger partial charge in [0.2, 0.25) is 0 Å². The van der Waals surface area contributed by atoms with Crippen molar-refractivity contribution in [2.75, 3.05) is 25.0 Å². The van der Waals surface area contributed by atoms with Crippen molar-refractivity contribution in [1.29, 1.82) is 0 Å². The summed E-state index contributed by atoms with van der Waals surface area (Å²) in [7, 11) is 0. The summed E-state index contributed by atoms with van der Waals surface area (Å²) in [6, 6.07) is 2.68. The lowest BCUT2D eigenvalue weighted by Gasteiger charge is -2.32. The molecule has 1 aromatic rings. The largest absolute Gasteiger partial charge is 0.364 e. The normalized spacial score (nSPS) is 20.5. The highest BCUT2D eigenvalue weighted by Crippen LogP contribution is 2.17. The summed E-state index contributed by atoms with van der Waals surface area (Å²) in [5.74, 6) is 0.961. The second-order valence-corrected chi connectivity index (χ2v) is 5.49. The zero-order valence-electron chi connectivity index (χ0n) is 12.4. The van der Waals surface area contributed by atoms with Crippen molar-refractivity contribution in [3.05, 3.63) is 17.3 Å². The van der Waals surface area contributed by atoms with E-state index in [4.69, 9.17) is 0 Å². The van der Waals surface area contributed by atoms with Gasteiger partial charge in [0.1, 0.15) is 0 Å². The van der Waals surface area contributed by atoms with E-state index in [1.165, 1.54) is 24.9 Å². The van der Waals surface area contributed by atoms with Crippen molar-refractivity contribution >= 4 is 5.82 Å². The summed E-state index contributed by atoms with van der Waals surface area (Å²) in [6.45, 7) is 10.0. The molecule has 0 saturated carbocycles. The molecule has 1 aliphatic rings. The molecule has 0 amide bonds. The molecular weight excluding hydrogens is 236 g/mol. The molecule has 106 valence electrons. The van der Waals surface area contributed by atoms with Gasteiger partial charge in [-0.25, -0.2) is 0 Å². The van der Waals surface area contributed by atoms with Gasteiger partial charge in [-0.2, -0.15) is 5.10 Å². The van der Waals surface area contributed by atoms with Crippen LogP contribution in [0, 0.1) is 6.92 Å². The second-order valence-electron chi connectivity index (χ2n) is 5.49. The van der Waals surface area contributed by atoms with Crippen LogP contribution in [-0.4, -0.2) is 40.8 Å². The van der Waals surface area contributed by atoms with E-state index < -0.39 is 0 Å². The van der Waals surface area contributed by atoms with E-state index >= 15 is 0 Å². The van der Waals surface area contributed by atoms with Gasteiger partial charge in [-0.05, 0) is 50.9 Å². The van der Waals surface area contributed by atoms with Crippen molar-refractivity contribution in [3.63, 3.8) is 0 Å². The number of hydrogen-bond acceptors (Lipinski definition) is 4. The third kappa shape index (κ3) is 3.90. The molecule has 0 spiro atoms. The molecule has 0 unspecified atom stereocenters. The van der Waals surface area contributed by atoms with Crippen molar-refractivity contribution in [3.8, 4) is 0 Å². The second kappa shape index (κ2) is 6.85. The van der Waals surface area contributed by atoms with Crippen LogP contribution < -0.4 is 5.32 Å². The molecule has 2 rings (SSSR count). The van der Waals surface area contributed by atoms with Crippen molar-refractivity contribution in [1.82, 2.24) is 15.1 Å². The minimum absolute atomic E-state index is 0.513. The summed E-state index contributed by atoms with van der Waals surface area (Å²) in [4.78, 5) is 2.50. The molecule has 1 atom stereocenters. The predicted octanol–water partition coefficient (Wildman–Crippen LogP) is 2.63. The lowest BCUT2D eigenvalue weighted by molar-refractivity contribution is 0.226. The van der Waals surface area contributed by atoms with Gasteiger partial charge in [0, 0.05) is 12.6 Å². The Morgan fingerprint density at radius 1 is 1.37 bits per heavy atom. The molecule has 4 heteroatoms. The van der Waals surface area contributed by atoms with E-state index in [1.54, 1.807) is 0 Å². The van der Waals surface area contributed by atoms with Crippen molar-refractivity contribution < 1.29 is 0 Å². The van der Waals surface area contributed by atoms with Gasteiger partial charge in [-0.1, -0.05) is 20.3 Å². The Balaban J connectivity index is 1.98. The number of nitrogens with one attached hydrogen (secondary N) is 1. The van der Waals surface area contributed by atoms with Gasteiger partial charge in [-0.3, -0.25) is 0 Å². The van der Waals surface area contributed by atoms with Crippen LogP contribution in [0.25, 0.3) is 0 Å². The topological polar surface area (TPSA) is 41.0 Å². The monoisotopic (exact) mass is 262 g/mol. The van der Waals surface area contributed by atoms with Crippen LogP contribution in [0.3, 0.4) is 0 Å². The first-order chi connectivity index (χ1) is 9.22. The zero-order valence-corrected chi connectivity index (χ0v) is 12.4. The first-order valence-corrected chi connectivity index (χ1v) is 7.55. The van der Waals surface area contributed by atoms with Crippen molar-refractivity contribution in [2.24, 2.45) is 0 Å². The molecule has 0 radical (unpaired) electrons. The lowest BCUT2D eigenvalue weighted by atomic mass is 10.1. The highest BCUT2D eigenvalue weighted by atomic mass is 15.2. The van der Waals surface area contributed by atoms with Crippen LogP contribution in [-0.2, 0) is 6.42 Å². The fourth-order valence-electron chi connectivity index (χ4n) is 2.72. The quantitative estimate of drug-likeness (QED) is 0.885. The lowest BCUT2D eigenvalue weighted by Crippen LogP contribution is -2.42. The number of likely N-dealkylation sites (N-methyl/N-ethyl adjacent to an activating group) is 1. The van der Waals surface area contributed by atoms with Crippen LogP contribution >= 0.6 is 0 Å². The average molecular weight is 262 g/mol. The Hall–Kier alpha value is -1.16. The number of hydrogen-bond donors (Lipinski definition) is 1. The van der Waals surface area contributed by atoms with E-state index in [0.29, 0.717) is 6.04 Å². The average Bonchev–Trinajstić information content (AvgIpc) is 2.42.